The summed E-state index contributed by atoms with van der Waals surface area (Å²) in [6.45, 7) is 3.78. The second-order valence-electron chi connectivity index (χ2n) is 27.4. The van der Waals surface area contributed by atoms with Crippen LogP contribution in [0, 0.1) is 5.92 Å². The molecule has 2 heterocycles. The highest BCUT2D eigenvalue weighted by atomic mass is 32.1. The van der Waals surface area contributed by atoms with Crippen LogP contribution in [-0.2, 0) is 110 Å². The number of carbonyl (C=O) groups is 19. The number of aliphatic hydroxyl groups is 1. The molecule has 630 valence electrons. The summed E-state index contributed by atoms with van der Waals surface area (Å²) in [7, 11) is 0. The smallest absolute Gasteiger partial charge is 0.322 e. The molecule has 26 N–H and O–H groups in total. The van der Waals surface area contributed by atoms with Gasteiger partial charge in [-0.3, -0.25) is 91.1 Å². The fourth-order valence-electron chi connectivity index (χ4n) is 11.5. The van der Waals surface area contributed by atoms with Gasteiger partial charge in [0.2, 0.25) is 106 Å². The van der Waals surface area contributed by atoms with E-state index in [0.717, 1.165) is 11.8 Å². The molecule has 1 aliphatic rings. The highest BCUT2D eigenvalue weighted by Crippen LogP contribution is 2.21. The molecule has 0 unspecified atom stereocenters. The number of H-pyrrole nitrogens is 1. The van der Waals surface area contributed by atoms with Crippen molar-refractivity contribution in [2.24, 2.45) is 34.6 Å². The van der Waals surface area contributed by atoms with Gasteiger partial charge in [-0.2, -0.15) is 25.3 Å². The van der Waals surface area contributed by atoms with Gasteiger partial charge in [0, 0.05) is 74.9 Å². The molecule has 2 aromatic carbocycles. The topological polar surface area (TPSA) is 683 Å². The van der Waals surface area contributed by atoms with Crippen molar-refractivity contribution in [3.05, 3.63) is 90.0 Å². The number of primary amides is 4. The summed E-state index contributed by atoms with van der Waals surface area (Å²) in [5.74, 6) is -20.4. The molecule has 1 saturated heterocycles. The Labute approximate surface area is 671 Å². The largest absolute Gasteiger partial charge is 0.480 e. The zero-order valence-electron chi connectivity index (χ0n) is 63.6. The van der Waals surface area contributed by atoms with Crippen LogP contribution in [-0.4, -0.2) is 253 Å². The minimum Gasteiger partial charge on any atom is -0.480 e. The molecule has 0 spiro atoms. The van der Waals surface area contributed by atoms with Crippen molar-refractivity contribution in [1.82, 2.24) is 84.0 Å². The number of rotatable bonds is 50. The Morgan fingerprint density at radius 1 is 0.478 bits per heavy atom. The second-order valence-corrected chi connectivity index (χ2v) is 28.1. The maximum Gasteiger partial charge on any atom is 0.322 e. The highest BCUT2D eigenvalue weighted by molar-refractivity contribution is 7.80. The van der Waals surface area contributed by atoms with E-state index in [1.54, 1.807) is 60.7 Å². The summed E-state index contributed by atoms with van der Waals surface area (Å²) in [6.07, 6.45) is -2.87. The number of hydrogen-bond acceptors (Lipinski definition) is 24. The van der Waals surface area contributed by atoms with E-state index in [9.17, 15) is 96.2 Å². The summed E-state index contributed by atoms with van der Waals surface area (Å²) in [4.78, 5) is 261. The third-order valence-corrected chi connectivity index (χ3v) is 18.5. The quantitative estimate of drug-likeness (QED) is 0.0233. The molecule has 3 aromatic rings. The van der Waals surface area contributed by atoms with Crippen molar-refractivity contribution in [2.45, 2.75) is 196 Å². The van der Waals surface area contributed by atoms with Gasteiger partial charge in [0.1, 0.15) is 79.0 Å². The minimum atomic E-state index is -1.96. The SMILES string of the molecule is CC(C)[C@H](NC(=O)[C@H](C)NC(=O)[C@H](Cc1ccccc1)NC(=O)[C@H](Cc1ccccc1)NC(=O)CNC(=O)[C@@H](N)CCC(N)=O)C(=O)N[C@@H](CCC(N)=O)C(=O)N[C@@H](CCC(N)=O)C(=O)N[C@H](C(=O)N[C@@H](CS)C(=O)N1CCC[C@H]1C(=O)N[C@@H](Cc1cnc[nH]1)C(=O)N[C@@H](CS)C(=O)N[C@@H](CCC(N)=O)C(=O)NCC(=O)O)[C@@H](C)O. The van der Waals surface area contributed by atoms with Gasteiger partial charge in [-0.05, 0) is 69.4 Å². The molecule has 115 heavy (non-hydrogen) atoms. The number of aromatic nitrogens is 2. The van der Waals surface area contributed by atoms with Crippen LogP contribution < -0.4 is 97.8 Å². The van der Waals surface area contributed by atoms with Gasteiger partial charge >= 0.3 is 5.97 Å². The standard InChI is InChI=1S/C71H103N21O21S2/c1-35(2)57(90-59(101)36(3)81-64(106)46(27-39-14-9-6-10-15-39)86-65(107)45(26-38-12-7-5-8-13-38)82-55(98)30-78-60(102)41(72)17-21-51(73)94)69(111)85-43(19-23-53(75)96)62(104)84-44(20-24-54(76)97)63(105)91-58(37(4)93)70(112)89-49(33-115)71(113)92-25-11-16-50(92)68(110)87-47(28-40-29-77-34-80-40)66(108)88-48(32-114)67(109)83-42(18-22-52(74)95)61(103)79-31-56(99)100/h5-10,12-15,29,34-37,41-50,57-58,93,114-115H,11,16-28,30-33,72H2,1-4H3,(H2,73,94)(H2,74,95)(H2,75,96)(H2,76,97)(H,77,80)(H,78,102)(H,79,103)(H,81,106)(H,82,98)(H,83,109)(H,84,104)(H,85,111)(H,86,107)(H,87,110)(H,88,108)(H,89,112)(H,90,101)(H,91,105)(H,99,100)/t36-,37+,41-,42-,43-,44-,45-,46-,47-,48-,49-,50-,57-,58-/m0/s1. The predicted octanol–water partition coefficient (Wildman–Crippen LogP) is -8.62. The number of hydrogen-bond donors (Lipinski definition) is 23. The van der Waals surface area contributed by atoms with E-state index in [4.69, 9.17) is 33.8 Å². The van der Waals surface area contributed by atoms with Crippen molar-refractivity contribution in [3.63, 3.8) is 0 Å². The Kier molecular flexibility index (Phi) is 40.1. The van der Waals surface area contributed by atoms with Crippen LogP contribution in [0.2, 0.25) is 0 Å². The Balaban J connectivity index is 1.50. The number of nitrogens with two attached hydrogens (primary N) is 5. The van der Waals surface area contributed by atoms with Crippen LogP contribution in [0.4, 0.5) is 0 Å². The minimum absolute atomic E-state index is 0.0104. The lowest BCUT2D eigenvalue weighted by Crippen LogP contribution is -2.62. The first-order valence-electron chi connectivity index (χ1n) is 36.6. The average Bonchev–Trinajstić information content (AvgIpc) is 1.76. The Morgan fingerprint density at radius 2 is 0.896 bits per heavy atom. The van der Waals surface area contributed by atoms with E-state index in [1.165, 1.54) is 33.3 Å². The summed E-state index contributed by atoms with van der Waals surface area (Å²) < 4.78 is 0. The number of carboxylic acid groups (broad SMARTS) is 1. The van der Waals surface area contributed by atoms with Crippen LogP contribution in [0.3, 0.4) is 0 Å². The number of carbonyl (C=O) groups excluding carboxylic acids is 18. The summed E-state index contributed by atoms with van der Waals surface area (Å²) >= 11 is 8.44. The fraction of sp³-hybridized carbons (Fsp3) is 0.521. The molecule has 0 radical (unpaired) electrons. The van der Waals surface area contributed by atoms with Crippen molar-refractivity contribution >= 4 is 138 Å². The second kappa shape index (κ2) is 48.3. The van der Waals surface area contributed by atoms with Crippen molar-refractivity contribution in [2.75, 3.05) is 31.1 Å². The predicted molar refractivity (Wildman–Crippen MR) is 414 cm³/mol. The van der Waals surface area contributed by atoms with E-state index < -0.39 is 260 Å². The van der Waals surface area contributed by atoms with E-state index in [1.807, 2.05) is 0 Å². The number of imidazole rings is 1. The molecule has 18 amide bonds. The zero-order chi connectivity index (χ0) is 85.8. The van der Waals surface area contributed by atoms with Crippen LogP contribution in [0.1, 0.15) is 109 Å². The van der Waals surface area contributed by atoms with E-state index in [-0.39, 0.29) is 57.9 Å². The lowest BCUT2D eigenvalue weighted by atomic mass is 10.0. The maximum absolute atomic E-state index is 14.4. The molecule has 4 rings (SSSR count). The van der Waals surface area contributed by atoms with Gasteiger partial charge in [0.15, 0.2) is 0 Å². The number of carboxylic acids is 1. The normalized spacial score (nSPS) is 15.7. The first kappa shape index (κ1) is 95.6. The van der Waals surface area contributed by atoms with Crippen LogP contribution in [0.5, 0.6) is 0 Å². The summed E-state index contributed by atoms with van der Waals surface area (Å²) in [6, 6.07) is -3.16. The number of likely N-dealkylation sites (tertiary alicyclic amines) is 1. The number of aliphatic hydroxyl groups excluding tert-OH is 1. The number of nitrogens with zero attached hydrogens (tertiary/aromatic N) is 2. The molecule has 14 atom stereocenters. The number of aliphatic carboxylic acids is 1. The molecule has 0 bridgehead atoms. The first-order chi connectivity index (χ1) is 54.3. The number of aromatic amines is 1. The third-order valence-electron chi connectivity index (χ3n) is 17.8. The van der Waals surface area contributed by atoms with Crippen molar-refractivity contribution in [3.8, 4) is 0 Å². The number of nitrogens with one attached hydrogen (secondary N) is 14. The molecule has 42 nitrogen and oxygen atoms in total. The summed E-state index contributed by atoms with van der Waals surface area (Å²) in [5, 5.41) is 51.6. The Bertz CT molecular complexity index is 3920. The van der Waals surface area contributed by atoms with E-state index >= 15 is 0 Å². The number of thiol groups is 2. The Hall–Kier alpha value is -11.8. The molecule has 44 heteroatoms. The Morgan fingerprint density at radius 3 is 1.38 bits per heavy atom. The average molecular weight is 1650 g/mol. The van der Waals surface area contributed by atoms with Gasteiger partial charge < -0.3 is 118 Å². The van der Waals surface area contributed by atoms with Gasteiger partial charge in [-0.15, -0.1) is 0 Å². The number of benzene rings is 2. The third kappa shape index (κ3) is 33.4. The fourth-order valence-corrected chi connectivity index (χ4v) is 12.0. The molecule has 1 aliphatic heterocycles. The maximum atomic E-state index is 14.4. The van der Waals surface area contributed by atoms with Crippen molar-refractivity contribution < 1.29 is 101 Å². The lowest BCUT2D eigenvalue weighted by molar-refractivity contribution is -0.142. The zero-order valence-corrected chi connectivity index (χ0v) is 65.4. The molecular formula is C71H103N21O21S2. The van der Waals surface area contributed by atoms with Gasteiger partial charge in [0.05, 0.1) is 25.0 Å². The number of amides is 18. The van der Waals surface area contributed by atoms with Gasteiger partial charge in [-0.25, -0.2) is 4.98 Å². The molecule has 0 aliphatic carbocycles. The van der Waals surface area contributed by atoms with Gasteiger partial charge in [-0.1, -0.05) is 74.5 Å². The van der Waals surface area contributed by atoms with Crippen molar-refractivity contribution in [1.29, 1.82) is 0 Å². The molecule has 1 aromatic heterocycles. The van der Waals surface area contributed by atoms with E-state index in [2.05, 4.69) is 104 Å². The summed E-state index contributed by atoms with van der Waals surface area (Å²) in [5.41, 5.74) is 28.6. The molecular weight excluding hydrogens is 1550 g/mol. The highest BCUT2D eigenvalue weighted by Gasteiger charge is 2.42. The van der Waals surface area contributed by atoms with E-state index in [0.29, 0.717) is 16.8 Å². The molecule has 0 saturated carbocycles. The molecule has 1 fully saturated rings. The van der Waals surface area contributed by atoms with Crippen LogP contribution >= 0.6 is 25.3 Å². The lowest BCUT2D eigenvalue weighted by Gasteiger charge is -2.31. The monoisotopic (exact) mass is 1650 g/mol. The first-order valence-corrected chi connectivity index (χ1v) is 37.8. The van der Waals surface area contributed by atoms with Crippen LogP contribution in [0.15, 0.2) is 73.2 Å². The van der Waals surface area contributed by atoms with Crippen LogP contribution in [0.25, 0.3) is 0 Å². The van der Waals surface area contributed by atoms with Gasteiger partial charge in [0.25, 0.3) is 0 Å².